The molecule has 6 heteroatoms. The first-order chi connectivity index (χ1) is 9.95. The van der Waals surface area contributed by atoms with Gasteiger partial charge in [-0.3, -0.25) is 4.79 Å². The van der Waals surface area contributed by atoms with E-state index in [1.54, 1.807) is 12.3 Å². The SMILES string of the molecule is CC(=O)Nc1cccc(C(C)Nc2ncc(N)cc2Br)c1. The fourth-order valence-corrected chi connectivity index (χ4v) is 2.42. The van der Waals surface area contributed by atoms with Gasteiger partial charge in [0.05, 0.1) is 22.4 Å². The van der Waals surface area contributed by atoms with Crippen molar-refractivity contribution in [1.82, 2.24) is 4.98 Å². The molecule has 0 aliphatic carbocycles. The van der Waals surface area contributed by atoms with Gasteiger partial charge in [0, 0.05) is 12.6 Å². The molecule has 1 unspecified atom stereocenters. The molecule has 0 fully saturated rings. The summed E-state index contributed by atoms with van der Waals surface area (Å²) in [5, 5.41) is 6.08. The summed E-state index contributed by atoms with van der Waals surface area (Å²) in [6.45, 7) is 3.51. The van der Waals surface area contributed by atoms with E-state index in [1.807, 2.05) is 31.2 Å². The van der Waals surface area contributed by atoms with Crippen molar-refractivity contribution >= 4 is 39.0 Å². The van der Waals surface area contributed by atoms with Gasteiger partial charge >= 0.3 is 0 Å². The molecule has 0 saturated carbocycles. The maximum absolute atomic E-state index is 11.1. The average molecular weight is 349 g/mol. The summed E-state index contributed by atoms with van der Waals surface area (Å²) in [5.41, 5.74) is 8.10. The quantitative estimate of drug-likeness (QED) is 0.789. The number of carbonyl (C=O) groups is 1. The molecule has 2 rings (SSSR count). The van der Waals surface area contributed by atoms with Gasteiger partial charge < -0.3 is 16.4 Å². The van der Waals surface area contributed by atoms with Crippen molar-refractivity contribution in [3.8, 4) is 0 Å². The summed E-state index contributed by atoms with van der Waals surface area (Å²) in [7, 11) is 0. The zero-order chi connectivity index (χ0) is 15.4. The summed E-state index contributed by atoms with van der Waals surface area (Å²) in [6, 6.07) is 9.53. The maximum atomic E-state index is 11.1. The number of benzene rings is 1. The molecule has 2 aromatic rings. The Balaban J connectivity index is 2.16. The van der Waals surface area contributed by atoms with Gasteiger partial charge in [-0.1, -0.05) is 12.1 Å². The van der Waals surface area contributed by atoms with E-state index in [0.717, 1.165) is 21.5 Å². The van der Waals surface area contributed by atoms with E-state index >= 15 is 0 Å². The first kappa shape index (κ1) is 15.3. The van der Waals surface area contributed by atoms with E-state index in [2.05, 4.69) is 31.5 Å². The van der Waals surface area contributed by atoms with E-state index in [0.29, 0.717) is 5.69 Å². The number of hydrogen-bond donors (Lipinski definition) is 3. The van der Waals surface area contributed by atoms with E-state index in [-0.39, 0.29) is 11.9 Å². The van der Waals surface area contributed by atoms with Gasteiger partial charge in [-0.2, -0.15) is 0 Å². The molecule has 1 aromatic carbocycles. The summed E-state index contributed by atoms with van der Waals surface area (Å²) >= 11 is 3.43. The number of nitrogens with two attached hydrogens (primary N) is 1. The number of rotatable bonds is 4. The van der Waals surface area contributed by atoms with Gasteiger partial charge in [0.2, 0.25) is 5.91 Å². The molecule has 1 heterocycles. The second kappa shape index (κ2) is 6.58. The van der Waals surface area contributed by atoms with Crippen molar-refractivity contribution in [1.29, 1.82) is 0 Å². The van der Waals surface area contributed by atoms with Crippen LogP contribution < -0.4 is 16.4 Å². The first-order valence-electron chi connectivity index (χ1n) is 6.51. The summed E-state index contributed by atoms with van der Waals surface area (Å²) in [4.78, 5) is 15.4. The molecule has 5 nitrogen and oxygen atoms in total. The number of halogens is 1. The summed E-state index contributed by atoms with van der Waals surface area (Å²) in [5.74, 6) is 0.636. The van der Waals surface area contributed by atoms with E-state index in [1.165, 1.54) is 6.92 Å². The average Bonchev–Trinajstić information content (AvgIpc) is 2.41. The Morgan fingerprint density at radius 1 is 1.38 bits per heavy atom. The molecule has 0 bridgehead atoms. The molecule has 4 N–H and O–H groups in total. The number of aromatic nitrogens is 1. The highest BCUT2D eigenvalue weighted by Gasteiger charge is 2.09. The molecule has 110 valence electrons. The molecule has 1 amide bonds. The van der Waals surface area contributed by atoms with Crippen molar-refractivity contribution in [2.45, 2.75) is 19.9 Å². The van der Waals surface area contributed by atoms with Gasteiger partial charge in [0.25, 0.3) is 0 Å². The Morgan fingerprint density at radius 3 is 2.81 bits per heavy atom. The van der Waals surface area contributed by atoms with Crippen LogP contribution in [0.5, 0.6) is 0 Å². The van der Waals surface area contributed by atoms with Crippen molar-refractivity contribution < 1.29 is 4.79 Å². The van der Waals surface area contributed by atoms with Crippen LogP contribution in [0.1, 0.15) is 25.5 Å². The van der Waals surface area contributed by atoms with Crippen molar-refractivity contribution in [2.75, 3.05) is 16.4 Å². The zero-order valence-electron chi connectivity index (χ0n) is 11.9. The molecule has 0 saturated heterocycles. The summed E-state index contributed by atoms with van der Waals surface area (Å²) < 4.78 is 0.812. The smallest absolute Gasteiger partial charge is 0.221 e. The highest BCUT2D eigenvalue weighted by Crippen LogP contribution is 2.26. The van der Waals surface area contributed by atoms with Gasteiger partial charge in [-0.05, 0) is 46.6 Å². The lowest BCUT2D eigenvalue weighted by Crippen LogP contribution is -2.10. The molecular formula is C15H17BrN4O. The van der Waals surface area contributed by atoms with Crippen LogP contribution in [-0.2, 0) is 4.79 Å². The minimum atomic E-state index is -0.0873. The highest BCUT2D eigenvalue weighted by atomic mass is 79.9. The number of nitrogens with zero attached hydrogens (tertiary/aromatic N) is 1. The Bertz CT molecular complexity index is 660. The molecule has 0 aliphatic heterocycles. The predicted octanol–water partition coefficient (Wildman–Crippen LogP) is 3.56. The molecule has 1 aromatic heterocycles. The molecular weight excluding hydrogens is 332 g/mol. The van der Waals surface area contributed by atoms with Crippen LogP contribution in [0.3, 0.4) is 0 Å². The lowest BCUT2D eigenvalue weighted by atomic mass is 10.1. The van der Waals surface area contributed by atoms with Crippen LogP contribution >= 0.6 is 15.9 Å². The number of carbonyl (C=O) groups excluding carboxylic acids is 1. The van der Waals surface area contributed by atoms with Crippen LogP contribution in [0.25, 0.3) is 0 Å². The Morgan fingerprint density at radius 2 is 2.14 bits per heavy atom. The van der Waals surface area contributed by atoms with Crippen LogP contribution in [0.4, 0.5) is 17.2 Å². The van der Waals surface area contributed by atoms with Crippen LogP contribution in [0.15, 0.2) is 41.0 Å². The largest absolute Gasteiger partial charge is 0.397 e. The Kier molecular flexibility index (Phi) is 4.80. The highest BCUT2D eigenvalue weighted by molar-refractivity contribution is 9.10. The van der Waals surface area contributed by atoms with Gasteiger partial charge in [-0.15, -0.1) is 0 Å². The van der Waals surface area contributed by atoms with E-state index in [4.69, 9.17) is 5.73 Å². The molecule has 0 aliphatic rings. The third-order valence-corrected chi connectivity index (χ3v) is 3.53. The standard InChI is InChI=1S/C15H17BrN4O/c1-9(19-15-14(16)7-12(17)8-18-15)11-4-3-5-13(6-11)20-10(2)21/h3-9H,17H2,1-2H3,(H,18,19)(H,20,21). The number of amides is 1. The number of hydrogen-bond acceptors (Lipinski definition) is 4. The fraction of sp³-hybridized carbons (Fsp3) is 0.200. The molecule has 0 spiro atoms. The predicted molar refractivity (Wildman–Crippen MR) is 89.1 cm³/mol. The third-order valence-electron chi connectivity index (χ3n) is 2.92. The number of anilines is 3. The van der Waals surface area contributed by atoms with Crippen LogP contribution in [0.2, 0.25) is 0 Å². The Hall–Kier alpha value is -2.08. The lowest BCUT2D eigenvalue weighted by Gasteiger charge is -2.17. The van der Waals surface area contributed by atoms with Crippen molar-refractivity contribution in [3.63, 3.8) is 0 Å². The molecule has 21 heavy (non-hydrogen) atoms. The monoisotopic (exact) mass is 348 g/mol. The van der Waals surface area contributed by atoms with E-state index in [9.17, 15) is 4.79 Å². The maximum Gasteiger partial charge on any atom is 0.221 e. The van der Waals surface area contributed by atoms with E-state index < -0.39 is 0 Å². The molecule has 0 radical (unpaired) electrons. The minimum Gasteiger partial charge on any atom is -0.397 e. The fourth-order valence-electron chi connectivity index (χ4n) is 1.94. The first-order valence-corrected chi connectivity index (χ1v) is 7.30. The van der Waals surface area contributed by atoms with Crippen molar-refractivity contribution in [3.05, 3.63) is 46.6 Å². The number of nitrogens with one attached hydrogen (secondary N) is 2. The van der Waals surface area contributed by atoms with Gasteiger partial charge in [0.1, 0.15) is 5.82 Å². The second-order valence-corrected chi connectivity index (χ2v) is 5.63. The summed E-state index contributed by atoms with van der Waals surface area (Å²) in [6.07, 6.45) is 1.60. The third kappa shape index (κ3) is 4.19. The normalized spacial score (nSPS) is 11.8. The Labute approximate surface area is 132 Å². The zero-order valence-corrected chi connectivity index (χ0v) is 13.4. The topological polar surface area (TPSA) is 80.0 Å². The number of pyridine rings is 1. The van der Waals surface area contributed by atoms with Crippen molar-refractivity contribution in [2.24, 2.45) is 0 Å². The second-order valence-electron chi connectivity index (χ2n) is 4.77. The van der Waals surface area contributed by atoms with Crippen LogP contribution in [0, 0.1) is 0 Å². The lowest BCUT2D eigenvalue weighted by molar-refractivity contribution is -0.114. The number of nitrogen functional groups attached to an aromatic ring is 1. The van der Waals surface area contributed by atoms with Crippen LogP contribution in [-0.4, -0.2) is 10.9 Å². The molecule has 1 atom stereocenters. The van der Waals surface area contributed by atoms with Gasteiger partial charge in [0.15, 0.2) is 0 Å². The van der Waals surface area contributed by atoms with Gasteiger partial charge in [-0.25, -0.2) is 4.98 Å². The minimum absolute atomic E-state index is 0.0335.